The number of nitrogens with zero attached hydrogens (tertiary/aromatic N) is 1. The van der Waals surface area contributed by atoms with E-state index < -0.39 is 17.6 Å². The van der Waals surface area contributed by atoms with Gasteiger partial charge in [-0.15, -0.1) is 13.2 Å². The summed E-state index contributed by atoms with van der Waals surface area (Å²) in [6.07, 6.45) is -2.82. The molecule has 1 aromatic carbocycles. The van der Waals surface area contributed by atoms with Gasteiger partial charge in [0.1, 0.15) is 11.4 Å². The van der Waals surface area contributed by atoms with Crippen LogP contribution in [0.3, 0.4) is 0 Å². The van der Waals surface area contributed by atoms with Crippen molar-refractivity contribution in [2.45, 2.75) is 30.4 Å². The van der Waals surface area contributed by atoms with Crippen LogP contribution in [0.2, 0.25) is 0 Å². The molecule has 0 unspecified atom stereocenters. The Morgan fingerprint density at radius 2 is 1.67 bits per heavy atom. The smallest absolute Gasteiger partial charge is 0.406 e. The fraction of sp³-hybridized carbons (Fsp3) is 0.368. The highest BCUT2D eigenvalue weighted by Crippen LogP contribution is 2.54. The van der Waals surface area contributed by atoms with E-state index in [1.165, 1.54) is 44.7 Å². The molecule has 1 heterocycles. The van der Waals surface area contributed by atoms with E-state index in [2.05, 4.69) is 9.72 Å². The van der Waals surface area contributed by atoms with Crippen LogP contribution >= 0.6 is 0 Å². The topological polar surface area (TPSA) is 57.7 Å². The fourth-order valence-corrected chi connectivity index (χ4v) is 3.45. The minimum atomic E-state index is -4.78. The molecule has 0 atom stereocenters. The fourth-order valence-electron chi connectivity index (χ4n) is 3.45. The van der Waals surface area contributed by atoms with Crippen LogP contribution in [0, 0.1) is 0 Å². The van der Waals surface area contributed by atoms with Crippen molar-refractivity contribution in [1.82, 2.24) is 4.98 Å². The Bertz CT molecular complexity index is 794. The van der Waals surface area contributed by atoms with Crippen molar-refractivity contribution in [1.29, 1.82) is 0 Å². The number of benzene rings is 1. The monoisotopic (exact) mass is 381 g/mol. The molecule has 2 aromatic rings. The molecule has 0 bridgehead atoms. The molecule has 1 saturated carbocycles. The Morgan fingerprint density at radius 3 is 2.15 bits per heavy atom. The number of pyridine rings is 1. The second-order valence-corrected chi connectivity index (χ2v) is 6.37. The SMILES string of the molecule is COC1(OC)CC(C(=O)c2ccccn2)(c2ccc(OC(F)(F)F)cc2)C1. The van der Waals surface area contributed by atoms with Gasteiger partial charge in [-0.25, -0.2) is 0 Å². The molecular formula is C19H18F3NO4. The molecule has 1 aliphatic rings. The molecule has 0 spiro atoms. The van der Waals surface area contributed by atoms with Crippen molar-refractivity contribution in [3.63, 3.8) is 0 Å². The number of halogens is 3. The van der Waals surface area contributed by atoms with E-state index in [0.717, 1.165) is 0 Å². The summed E-state index contributed by atoms with van der Waals surface area (Å²) >= 11 is 0. The van der Waals surface area contributed by atoms with E-state index in [1.54, 1.807) is 18.2 Å². The molecule has 0 aliphatic heterocycles. The van der Waals surface area contributed by atoms with E-state index in [4.69, 9.17) is 9.47 Å². The summed E-state index contributed by atoms with van der Waals surface area (Å²) in [4.78, 5) is 17.3. The van der Waals surface area contributed by atoms with Gasteiger partial charge >= 0.3 is 6.36 Å². The van der Waals surface area contributed by atoms with E-state index in [0.29, 0.717) is 5.56 Å². The van der Waals surface area contributed by atoms with Gasteiger partial charge in [-0.1, -0.05) is 18.2 Å². The highest BCUT2D eigenvalue weighted by Gasteiger charge is 2.61. The third-order valence-corrected chi connectivity index (χ3v) is 4.86. The largest absolute Gasteiger partial charge is 0.573 e. The van der Waals surface area contributed by atoms with Gasteiger partial charge in [0.25, 0.3) is 0 Å². The molecule has 8 heteroatoms. The lowest BCUT2D eigenvalue weighted by Gasteiger charge is -2.53. The maximum atomic E-state index is 13.2. The predicted molar refractivity (Wildman–Crippen MR) is 89.4 cm³/mol. The second-order valence-electron chi connectivity index (χ2n) is 6.37. The predicted octanol–water partition coefficient (Wildman–Crippen LogP) is 3.88. The van der Waals surface area contributed by atoms with Crippen molar-refractivity contribution >= 4 is 5.78 Å². The van der Waals surface area contributed by atoms with Gasteiger partial charge in [0.05, 0.1) is 5.41 Å². The van der Waals surface area contributed by atoms with Crippen LogP contribution in [0.25, 0.3) is 0 Å². The van der Waals surface area contributed by atoms with Crippen LogP contribution in [0.5, 0.6) is 5.75 Å². The third kappa shape index (κ3) is 3.68. The summed E-state index contributed by atoms with van der Waals surface area (Å²) in [7, 11) is 2.97. The van der Waals surface area contributed by atoms with E-state index >= 15 is 0 Å². The second kappa shape index (κ2) is 6.94. The van der Waals surface area contributed by atoms with Crippen LogP contribution in [-0.2, 0) is 14.9 Å². The zero-order valence-corrected chi connectivity index (χ0v) is 14.7. The van der Waals surface area contributed by atoms with Crippen molar-refractivity contribution in [3.05, 3.63) is 59.9 Å². The molecule has 0 radical (unpaired) electrons. The third-order valence-electron chi connectivity index (χ3n) is 4.86. The Hall–Kier alpha value is -2.45. The average Bonchev–Trinajstić information content (AvgIpc) is 2.62. The summed E-state index contributed by atoms with van der Waals surface area (Å²) in [6.45, 7) is 0. The van der Waals surface area contributed by atoms with Crippen LogP contribution in [0.4, 0.5) is 13.2 Å². The zero-order chi connectivity index (χ0) is 19.7. The van der Waals surface area contributed by atoms with Crippen molar-refractivity contribution in [3.8, 4) is 5.75 Å². The summed E-state index contributed by atoms with van der Waals surface area (Å²) in [5.41, 5.74) is -0.178. The minimum Gasteiger partial charge on any atom is -0.406 e. The van der Waals surface area contributed by atoms with E-state index in [1.807, 2.05) is 0 Å². The number of hydrogen-bond acceptors (Lipinski definition) is 5. The number of Topliss-reactive ketones (excluding diaryl/α,β-unsaturated/α-hetero) is 1. The maximum Gasteiger partial charge on any atom is 0.573 e. The van der Waals surface area contributed by atoms with Crippen LogP contribution in [0.15, 0.2) is 48.7 Å². The lowest BCUT2D eigenvalue weighted by atomic mass is 9.57. The standard InChI is InChI=1S/C19H18F3NO4/c1-25-18(26-2)11-17(12-18,16(24)15-5-3-4-10-23-15)13-6-8-14(9-7-13)27-19(20,21)22/h3-10H,11-12H2,1-2H3. The first-order valence-electron chi connectivity index (χ1n) is 8.16. The molecule has 5 nitrogen and oxygen atoms in total. The summed E-state index contributed by atoms with van der Waals surface area (Å²) in [6, 6.07) is 10.3. The quantitative estimate of drug-likeness (QED) is 0.561. The molecule has 1 aromatic heterocycles. The van der Waals surface area contributed by atoms with Gasteiger partial charge in [0.15, 0.2) is 11.6 Å². The van der Waals surface area contributed by atoms with Crippen LogP contribution in [-0.4, -0.2) is 37.1 Å². The Balaban J connectivity index is 1.95. The Labute approximate surface area is 154 Å². The first-order valence-corrected chi connectivity index (χ1v) is 8.16. The first-order chi connectivity index (χ1) is 12.7. The number of hydrogen-bond donors (Lipinski definition) is 0. The zero-order valence-electron chi connectivity index (χ0n) is 14.7. The van der Waals surface area contributed by atoms with Gasteiger partial charge in [-0.3, -0.25) is 9.78 Å². The highest BCUT2D eigenvalue weighted by molar-refractivity contribution is 6.03. The summed E-state index contributed by atoms with van der Waals surface area (Å²) in [5, 5.41) is 0. The molecule has 144 valence electrons. The lowest BCUT2D eigenvalue weighted by Crippen LogP contribution is -2.60. The van der Waals surface area contributed by atoms with Crippen molar-refractivity contribution in [2.75, 3.05) is 14.2 Å². The number of carbonyl (C=O) groups is 1. The number of rotatable bonds is 6. The average molecular weight is 381 g/mol. The maximum absolute atomic E-state index is 13.2. The Morgan fingerprint density at radius 1 is 1.04 bits per heavy atom. The van der Waals surface area contributed by atoms with E-state index in [9.17, 15) is 18.0 Å². The molecular weight excluding hydrogens is 363 g/mol. The minimum absolute atomic E-state index is 0.224. The van der Waals surface area contributed by atoms with Crippen molar-refractivity contribution in [2.24, 2.45) is 0 Å². The van der Waals surface area contributed by atoms with Gasteiger partial charge in [-0.2, -0.15) is 0 Å². The molecule has 1 fully saturated rings. The number of ether oxygens (including phenoxy) is 3. The van der Waals surface area contributed by atoms with Crippen LogP contribution < -0.4 is 4.74 Å². The van der Waals surface area contributed by atoms with Gasteiger partial charge in [0.2, 0.25) is 0 Å². The van der Waals surface area contributed by atoms with Gasteiger partial charge in [0, 0.05) is 33.3 Å². The summed E-state index contributed by atoms with van der Waals surface area (Å²) in [5.74, 6) is -1.51. The molecule has 0 saturated heterocycles. The van der Waals surface area contributed by atoms with Crippen molar-refractivity contribution < 1.29 is 32.2 Å². The number of methoxy groups -OCH3 is 2. The van der Waals surface area contributed by atoms with E-state index in [-0.39, 0.29) is 30.1 Å². The molecule has 3 rings (SSSR count). The van der Waals surface area contributed by atoms with Gasteiger partial charge < -0.3 is 14.2 Å². The molecule has 1 aliphatic carbocycles. The lowest BCUT2D eigenvalue weighted by molar-refractivity contribution is -0.274. The Kier molecular flexibility index (Phi) is 4.96. The molecule has 0 N–H and O–H groups in total. The molecule has 27 heavy (non-hydrogen) atoms. The first kappa shape index (κ1) is 19.3. The highest BCUT2D eigenvalue weighted by atomic mass is 19.4. The number of carbonyl (C=O) groups excluding carboxylic acids is 1. The number of ketones is 1. The van der Waals surface area contributed by atoms with Crippen LogP contribution in [0.1, 0.15) is 28.9 Å². The van der Waals surface area contributed by atoms with Gasteiger partial charge in [-0.05, 0) is 29.8 Å². The molecule has 0 amide bonds. The summed E-state index contributed by atoms with van der Waals surface area (Å²) < 4.78 is 51.9. The number of alkyl halides is 3. The number of aromatic nitrogens is 1. The normalized spacial score (nSPS) is 17.8.